The zero-order valence-electron chi connectivity index (χ0n) is 15.9. The lowest BCUT2D eigenvalue weighted by Gasteiger charge is -2.37. The third-order valence-electron chi connectivity index (χ3n) is 6.20. The van der Waals surface area contributed by atoms with Crippen molar-refractivity contribution in [2.75, 3.05) is 0 Å². The van der Waals surface area contributed by atoms with Gasteiger partial charge in [-0.15, -0.1) is 0 Å². The van der Waals surface area contributed by atoms with E-state index in [2.05, 4.69) is 5.32 Å². The van der Waals surface area contributed by atoms with E-state index in [4.69, 9.17) is 5.73 Å². The molecule has 2 fully saturated rings. The molecule has 0 unspecified atom stereocenters. The molecule has 2 aliphatic rings. The molecule has 0 aliphatic heterocycles. The summed E-state index contributed by atoms with van der Waals surface area (Å²) in [6.07, 6.45) is 9.99. The van der Waals surface area contributed by atoms with E-state index >= 15 is 0 Å². The van der Waals surface area contributed by atoms with Gasteiger partial charge in [0, 0.05) is 12.5 Å². The van der Waals surface area contributed by atoms with Gasteiger partial charge in [-0.2, -0.15) is 0 Å². The SMILES string of the molecule is CC(C)C[C@](NC(=O)CC[C@H]1CC[C@@H](N)CC1)(C(=O)O)C1CCCC1. The number of aliphatic carboxylic acids is 1. The first-order valence-corrected chi connectivity index (χ1v) is 10.1. The standard InChI is InChI=1S/C20H36N2O3/c1-14(2)13-20(19(24)25,16-5-3-4-6-16)22-18(23)12-9-15-7-10-17(21)11-8-15/h14-17H,3-13,21H2,1-2H3,(H,22,23)(H,24,25)/t15-,17+,20-/m1/s1. The van der Waals surface area contributed by atoms with Crippen LogP contribution in [0.25, 0.3) is 0 Å². The average Bonchev–Trinajstić information content (AvgIpc) is 3.08. The molecule has 25 heavy (non-hydrogen) atoms. The summed E-state index contributed by atoms with van der Waals surface area (Å²) in [5.41, 5.74) is 4.85. The summed E-state index contributed by atoms with van der Waals surface area (Å²) in [6.45, 7) is 4.06. The zero-order chi connectivity index (χ0) is 18.4. The van der Waals surface area contributed by atoms with Crippen molar-refractivity contribution >= 4 is 11.9 Å². The summed E-state index contributed by atoms with van der Waals surface area (Å²) >= 11 is 0. The van der Waals surface area contributed by atoms with Gasteiger partial charge in [0.1, 0.15) is 5.54 Å². The van der Waals surface area contributed by atoms with Gasteiger partial charge >= 0.3 is 5.97 Å². The van der Waals surface area contributed by atoms with Crippen molar-refractivity contribution in [3.63, 3.8) is 0 Å². The number of hydrogen-bond donors (Lipinski definition) is 3. The fourth-order valence-corrected chi connectivity index (χ4v) is 4.82. The van der Waals surface area contributed by atoms with Gasteiger partial charge in [0.15, 0.2) is 0 Å². The van der Waals surface area contributed by atoms with E-state index in [1.165, 1.54) is 0 Å². The first kappa shape index (κ1) is 20.2. The molecular formula is C20H36N2O3. The van der Waals surface area contributed by atoms with E-state index in [9.17, 15) is 14.7 Å². The molecule has 5 nitrogen and oxygen atoms in total. The average molecular weight is 353 g/mol. The Balaban J connectivity index is 1.97. The maximum Gasteiger partial charge on any atom is 0.329 e. The van der Waals surface area contributed by atoms with E-state index < -0.39 is 11.5 Å². The highest BCUT2D eigenvalue weighted by molar-refractivity contribution is 5.87. The first-order chi connectivity index (χ1) is 11.8. The van der Waals surface area contributed by atoms with Crippen LogP contribution in [0.2, 0.25) is 0 Å². The van der Waals surface area contributed by atoms with Crippen molar-refractivity contribution in [1.29, 1.82) is 0 Å². The van der Waals surface area contributed by atoms with Gasteiger partial charge in [0.05, 0.1) is 0 Å². The van der Waals surface area contributed by atoms with Crippen LogP contribution in [-0.4, -0.2) is 28.6 Å². The minimum atomic E-state index is -1.09. The van der Waals surface area contributed by atoms with Crippen LogP contribution in [0, 0.1) is 17.8 Å². The number of carboxylic acid groups (broad SMARTS) is 1. The summed E-state index contributed by atoms with van der Waals surface area (Å²) in [5, 5.41) is 13.0. The van der Waals surface area contributed by atoms with Crippen molar-refractivity contribution in [2.45, 2.75) is 96.1 Å². The van der Waals surface area contributed by atoms with Crippen LogP contribution < -0.4 is 11.1 Å². The first-order valence-electron chi connectivity index (χ1n) is 10.1. The molecule has 4 N–H and O–H groups in total. The number of carbonyl (C=O) groups is 2. The van der Waals surface area contributed by atoms with Crippen LogP contribution in [0.4, 0.5) is 0 Å². The molecule has 1 atom stereocenters. The second-order valence-electron chi connectivity index (χ2n) is 8.72. The highest BCUT2D eigenvalue weighted by atomic mass is 16.4. The Labute approximate surface area is 152 Å². The van der Waals surface area contributed by atoms with Gasteiger partial charge in [0.25, 0.3) is 0 Å². The molecule has 0 aromatic rings. The minimum absolute atomic E-state index is 0.0593. The lowest BCUT2D eigenvalue weighted by Crippen LogP contribution is -2.59. The Morgan fingerprint density at radius 1 is 1.12 bits per heavy atom. The van der Waals surface area contributed by atoms with E-state index in [0.717, 1.165) is 57.8 Å². The summed E-state index contributed by atoms with van der Waals surface area (Å²) in [5.74, 6) is -0.0999. The number of rotatable bonds is 8. The third-order valence-corrected chi connectivity index (χ3v) is 6.20. The number of nitrogens with one attached hydrogen (secondary N) is 1. The predicted molar refractivity (Wildman–Crippen MR) is 99.1 cm³/mol. The summed E-state index contributed by atoms with van der Waals surface area (Å²) in [7, 11) is 0. The second kappa shape index (κ2) is 9.02. The third kappa shape index (κ3) is 5.44. The molecule has 0 saturated heterocycles. The highest BCUT2D eigenvalue weighted by Gasteiger charge is 2.48. The molecule has 1 amide bonds. The molecule has 2 aliphatic carbocycles. The van der Waals surface area contributed by atoms with Crippen LogP contribution in [0.1, 0.15) is 84.5 Å². The van der Waals surface area contributed by atoms with Gasteiger partial charge in [0.2, 0.25) is 5.91 Å². The number of hydrogen-bond acceptors (Lipinski definition) is 3. The van der Waals surface area contributed by atoms with Crippen LogP contribution in [0.5, 0.6) is 0 Å². The smallest absolute Gasteiger partial charge is 0.329 e. The van der Waals surface area contributed by atoms with Crippen LogP contribution in [0.3, 0.4) is 0 Å². The monoisotopic (exact) mass is 352 g/mol. The Morgan fingerprint density at radius 2 is 1.72 bits per heavy atom. The van der Waals surface area contributed by atoms with E-state index in [1.807, 2.05) is 13.8 Å². The topological polar surface area (TPSA) is 92.4 Å². The van der Waals surface area contributed by atoms with Crippen LogP contribution in [0.15, 0.2) is 0 Å². The fraction of sp³-hybridized carbons (Fsp3) is 0.900. The minimum Gasteiger partial charge on any atom is -0.479 e. The Hall–Kier alpha value is -1.10. The molecule has 5 heteroatoms. The van der Waals surface area contributed by atoms with Crippen molar-refractivity contribution < 1.29 is 14.7 Å². The Kier molecular flexibility index (Phi) is 7.29. The number of amides is 1. The molecule has 2 rings (SSSR count). The molecule has 144 valence electrons. The van der Waals surface area contributed by atoms with Gasteiger partial charge in [-0.25, -0.2) is 4.79 Å². The molecule has 0 aromatic heterocycles. The summed E-state index contributed by atoms with van der Waals surface area (Å²) in [4.78, 5) is 24.8. The van der Waals surface area contributed by atoms with Crippen molar-refractivity contribution in [2.24, 2.45) is 23.5 Å². The molecular weight excluding hydrogens is 316 g/mol. The molecule has 0 heterocycles. The van der Waals surface area contributed by atoms with Crippen molar-refractivity contribution in [3.05, 3.63) is 0 Å². The van der Waals surface area contributed by atoms with E-state index in [-0.39, 0.29) is 17.7 Å². The number of carboxylic acids is 1. The molecule has 0 radical (unpaired) electrons. The van der Waals surface area contributed by atoms with Gasteiger partial charge in [-0.1, -0.05) is 26.7 Å². The van der Waals surface area contributed by atoms with Crippen LogP contribution in [-0.2, 0) is 9.59 Å². The Morgan fingerprint density at radius 3 is 2.24 bits per heavy atom. The molecule has 0 aromatic carbocycles. The molecule has 2 saturated carbocycles. The quantitative estimate of drug-likeness (QED) is 0.624. The zero-order valence-corrected chi connectivity index (χ0v) is 15.9. The van der Waals surface area contributed by atoms with Crippen molar-refractivity contribution in [3.8, 4) is 0 Å². The fourth-order valence-electron chi connectivity index (χ4n) is 4.82. The largest absolute Gasteiger partial charge is 0.479 e. The lowest BCUT2D eigenvalue weighted by molar-refractivity contribution is -0.151. The number of carbonyl (C=O) groups excluding carboxylic acids is 1. The number of nitrogens with two attached hydrogens (primary N) is 1. The van der Waals surface area contributed by atoms with E-state index in [1.54, 1.807) is 0 Å². The summed E-state index contributed by atoms with van der Waals surface area (Å²) in [6, 6.07) is 0.318. The van der Waals surface area contributed by atoms with Gasteiger partial charge in [-0.3, -0.25) is 4.79 Å². The maximum absolute atomic E-state index is 12.6. The normalized spacial score (nSPS) is 27.2. The molecule has 0 spiro atoms. The molecule has 0 bridgehead atoms. The maximum atomic E-state index is 12.6. The lowest BCUT2D eigenvalue weighted by atomic mass is 9.76. The van der Waals surface area contributed by atoms with Gasteiger partial charge in [-0.05, 0) is 69.1 Å². The summed E-state index contributed by atoms with van der Waals surface area (Å²) < 4.78 is 0. The van der Waals surface area contributed by atoms with E-state index in [0.29, 0.717) is 24.8 Å². The van der Waals surface area contributed by atoms with Crippen molar-refractivity contribution in [1.82, 2.24) is 5.32 Å². The predicted octanol–water partition coefficient (Wildman–Crippen LogP) is 3.46. The second-order valence-corrected chi connectivity index (χ2v) is 8.72. The Bertz CT molecular complexity index is 452. The highest BCUT2D eigenvalue weighted by Crippen LogP contribution is 2.38. The van der Waals surface area contributed by atoms with Crippen LogP contribution >= 0.6 is 0 Å². The van der Waals surface area contributed by atoms with Gasteiger partial charge < -0.3 is 16.2 Å².